The Morgan fingerprint density at radius 3 is 2.46 bits per heavy atom. The predicted octanol–water partition coefficient (Wildman–Crippen LogP) is 6.04. The van der Waals surface area contributed by atoms with Crippen molar-refractivity contribution in [1.29, 1.82) is 5.26 Å². The Balaban J connectivity index is 1.66. The number of carbonyl (C=O) groups is 2. The molecule has 0 aliphatic heterocycles. The van der Waals surface area contributed by atoms with Crippen molar-refractivity contribution < 1.29 is 32.2 Å². The number of para-hydroxylation sites is 2. The molecule has 0 fully saturated rings. The van der Waals surface area contributed by atoms with Crippen molar-refractivity contribution in [3.8, 4) is 17.6 Å². The Bertz CT molecular complexity index is 1380. The number of rotatable bonds is 8. The van der Waals surface area contributed by atoms with Crippen molar-refractivity contribution in [3.05, 3.63) is 87.9 Å². The Morgan fingerprint density at radius 2 is 1.78 bits per heavy atom. The first-order valence-electron chi connectivity index (χ1n) is 10.6. The Morgan fingerprint density at radius 1 is 1.03 bits per heavy atom. The van der Waals surface area contributed by atoms with Crippen molar-refractivity contribution in [1.82, 2.24) is 0 Å². The summed E-state index contributed by atoms with van der Waals surface area (Å²) in [4.78, 5) is 24.7. The molecule has 0 heterocycles. The molecule has 0 saturated carbocycles. The van der Waals surface area contributed by atoms with Gasteiger partial charge >= 0.3 is 6.18 Å². The van der Waals surface area contributed by atoms with E-state index < -0.39 is 23.6 Å². The van der Waals surface area contributed by atoms with Crippen LogP contribution in [0.15, 0.2) is 76.8 Å². The number of halogens is 4. The summed E-state index contributed by atoms with van der Waals surface area (Å²) < 4.78 is 49.9. The van der Waals surface area contributed by atoms with Crippen LogP contribution in [0.25, 0.3) is 6.08 Å². The minimum Gasteiger partial charge on any atom is -0.495 e. The number of hydrogen-bond acceptors (Lipinski definition) is 5. The van der Waals surface area contributed by atoms with E-state index in [1.165, 1.54) is 25.3 Å². The molecular formula is C26H19BrF3N3O4. The lowest BCUT2D eigenvalue weighted by Crippen LogP contribution is -2.20. The number of nitrogens with one attached hydrogen (secondary N) is 2. The third-order valence-corrected chi connectivity index (χ3v) is 5.44. The number of anilines is 2. The zero-order valence-corrected chi connectivity index (χ0v) is 20.8. The van der Waals surface area contributed by atoms with E-state index in [4.69, 9.17) is 9.47 Å². The molecule has 190 valence electrons. The van der Waals surface area contributed by atoms with E-state index in [2.05, 4.69) is 26.6 Å². The maximum Gasteiger partial charge on any atom is 0.416 e. The SMILES string of the molecule is COc1ccccc1NC(=O)COc1ccc(/C=C(\C#N)C(=O)Nc2cccc(C(F)(F)F)c2)cc1Br. The number of nitrogens with zero attached hydrogens (tertiary/aromatic N) is 1. The van der Waals surface area contributed by atoms with E-state index in [1.807, 2.05) is 0 Å². The largest absolute Gasteiger partial charge is 0.495 e. The van der Waals surface area contributed by atoms with Gasteiger partial charge in [0.15, 0.2) is 6.61 Å². The summed E-state index contributed by atoms with van der Waals surface area (Å²) in [7, 11) is 1.49. The van der Waals surface area contributed by atoms with Crippen LogP contribution in [-0.2, 0) is 15.8 Å². The molecule has 37 heavy (non-hydrogen) atoms. The number of nitriles is 1. The Labute approximate surface area is 218 Å². The lowest BCUT2D eigenvalue weighted by atomic mass is 10.1. The van der Waals surface area contributed by atoms with Crippen LogP contribution >= 0.6 is 15.9 Å². The van der Waals surface area contributed by atoms with Gasteiger partial charge in [0, 0.05) is 5.69 Å². The van der Waals surface area contributed by atoms with Crippen LogP contribution in [0.5, 0.6) is 11.5 Å². The molecule has 0 aromatic heterocycles. The van der Waals surface area contributed by atoms with Gasteiger partial charge in [-0.1, -0.05) is 24.3 Å². The van der Waals surface area contributed by atoms with Crippen LogP contribution in [0.4, 0.5) is 24.5 Å². The van der Waals surface area contributed by atoms with Crippen molar-refractivity contribution in [2.24, 2.45) is 0 Å². The number of amides is 2. The second-order valence-electron chi connectivity index (χ2n) is 7.43. The molecule has 0 spiro atoms. The molecule has 0 saturated heterocycles. The molecule has 0 radical (unpaired) electrons. The molecule has 2 amide bonds. The van der Waals surface area contributed by atoms with E-state index in [0.717, 1.165) is 18.2 Å². The molecule has 0 bridgehead atoms. The first-order chi connectivity index (χ1) is 17.6. The number of ether oxygens (including phenoxy) is 2. The molecule has 0 aliphatic rings. The molecule has 0 aliphatic carbocycles. The molecule has 0 unspecified atom stereocenters. The topological polar surface area (TPSA) is 100 Å². The highest BCUT2D eigenvalue weighted by molar-refractivity contribution is 9.10. The van der Waals surface area contributed by atoms with Crippen LogP contribution in [0, 0.1) is 11.3 Å². The van der Waals surface area contributed by atoms with Crippen molar-refractivity contribution in [2.75, 3.05) is 24.4 Å². The number of carbonyl (C=O) groups excluding carboxylic acids is 2. The smallest absolute Gasteiger partial charge is 0.416 e. The van der Waals surface area contributed by atoms with E-state index in [1.54, 1.807) is 42.5 Å². The quantitative estimate of drug-likeness (QED) is 0.253. The van der Waals surface area contributed by atoms with E-state index in [0.29, 0.717) is 27.2 Å². The summed E-state index contributed by atoms with van der Waals surface area (Å²) in [5.41, 5.74) is -0.422. The molecule has 11 heteroatoms. The van der Waals surface area contributed by atoms with Gasteiger partial charge in [-0.25, -0.2) is 0 Å². The maximum absolute atomic E-state index is 12.9. The second kappa shape index (κ2) is 12.1. The average molecular weight is 574 g/mol. The first kappa shape index (κ1) is 27.3. The molecule has 0 atom stereocenters. The fourth-order valence-electron chi connectivity index (χ4n) is 3.09. The zero-order chi connectivity index (χ0) is 27.0. The number of methoxy groups -OCH3 is 1. The molecule has 7 nitrogen and oxygen atoms in total. The van der Waals surface area contributed by atoms with Gasteiger partial charge < -0.3 is 20.1 Å². The highest BCUT2D eigenvalue weighted by atomic mass is 79.9. The lowest BCUT2D eigenvalue weighted by molar-refractivity contribution is -0.137. The van der Waals surface area contributed by atoms with Crippen molar-refractivity contribution >= 4 is 45.2 Å². The van der Waals surface area contributed by atoms with Crippen LogP contribution in [0.1, 0.15) is 11.1 Å². The van der Waals surface area contributed by atoms with Gasteiger partial charge in [0.25, 0.3) is 11.8 Å². The Kier molecular flexibility index (Phi) is 8.92. The average Bonchev–Trinajstić information content (AvgIpc) is 2.86. The number of alkyl halides is 3. The maximum atomic E-state index is 12.9. The van der Waals surface area contributed by atoms with Crippen LogP contribution in [-0.4, -0.2) is 25.5 Å². The molecule has 3 rings (SSSR count). The predicted molar refractivity (Wildman–Crippen MR) is 135 cm³/mol. The normalized spacial score (nSPS) is 11.3. The summed E-state index contributed by atoms with van der Waals surface area (Å²) in [5.74, 6) is -0.456. The van der Waals surface area contributed by atoms with Crippen LogP contribution in [0.2, 0.25) is 0 Å². The highest BCUT2D eigenvalue weighted by Crippen LogP contribution is 2.31. The van der Waals surface area contributed by atoms with Gasteiger partial charge in [-0.3, -0.25) is 9.59 Å². The summed E-state index contributed by atoms with van der Waals surface area (Å²) in [5, 5.41) is 14.4. The summed E-state index contributed by atoms with van der Waals surface area (Å²) in [6, 6.07) is 17.4. The minimum absolute atomic E-state index is 0.0997. The molecule has 2 N–H and O–H groups in total. The third kappa shape index (κ3) is 7.59. The van der Waals surface area contributed by atoms with Gasteiger partial charge in [0.1, 0.15) is 23.1 Å². The van der Waals surface area contributed by atoms with E-state index in [-0.39, 0.29) is 17.9 Å². The van der Waals surface area contributed by atoms with Crippen LogP contribution in [0.3, 0.4) is 0 Å². The summed E-state index contributed by atoms with van der Waals surface area (Å²) >= 11 is 3.32. The van der Waals surface area contributed by atoms with E-state index >= 15 is 0 Å². The molecule has 3 aromatic carbocycles. The minimum atomic E-state index is -4.57. The van der Waals surface area contributed by atoms with Crippen LogP contribution < -0.4 is 20.1 Å². The van der Waals surface area contributed by atoms with Crippen molar-refractivity contribution in [3.63, 3.8) is 0 Å². The summed E-state index contributed by atoms with van der Waals surface area (Å²) in [6.45, 7) is -0.297. The van der Waals surface area contributed by atoms with E-state index in [9.17, 15) is 28.0 Å². The first-order valence-corrected chi connectivity index (χ1v) is 11.4. The van der Waals surface area contributed by atoms with Gasteiger partial charge in [0.2, 0.25) is 0 Å². The fourth-order valence-corrected chi connectivity index (χ4v) is 3.60. The lowest BCUT2D eigenvalue weighted by Gasteiger charge is -2.12. The molecule has 3 aromatic rings. The highest BCUT2D eigenvalue weighted by Gasteiger charge is 2.30. The zero-order valence-electron chi connectivity index (χ0n) is 19.2. The van der Waals surface area contributed by atoms with Gasteiger partial charge in [-0.05, 0) is 70.0 Å². The standard InChI is InChI=1S/C26H19BrF3N3O4/c1-36-23-8-3-2-7-21(23)33-24(34)15-37-22-10-9-16(12-20(22)27)11-17(14-31)25(35)32-19-6-4-5-18(13-19)26(28,29)30/h2-13H,15H2,1H3,(H,32,35)(H,33,34)/b17-11+. The molecular weight excluding hydrogens is 555 g/mol. The number of hydrogen-bond donors (Lipinski definition) is 2. The van der Waals surface area contributed by atoms with Gasteiger partial charge in [0.05, 0.1) is 22.8 Å². The van der Waals surface area contributed by atoms with Crippen molar-refractivity contribution in [2.45, 2.75) is 6.18 Å². The summed E-state index contributed by atoms with van der Waals surface area (Å²) in [6.07, 6.45) is -3.30. The Hall–Kier alpha value is -4.30. The number of benzene rings is 3. The van der Waals surface area contributed by atoms with Gasteiger partial charge in [-0.15, -0.1) is 0 Å². The van der Waals surface area contributed by atoms with Gasteiger partial charge in [-0.2, -0.15) is 18.4 Å². The second-order valence-corrected chi connectivity index (χ2v) is 8.28. The fraction of sp³-hybridized carbons (Fsp3) is 0.115. The monoisotopic (exact) mass is 573 g/mol. The third-order valence-electron chi connectivity index (χ3n) is 4.82.